The second-order valence-corrected chi connectivity index (χ2v) is 9.30. The molecular formula is C23H28N4O2S2. The first-order valence-corrected chi connectivity index (χ1v) is 12.2. The van der Waals surface area contributed by atoms with Gasteiger partial charge in [0.05, 0.1) is 13.1 Å². The summed E-state index contributed by atoms with van der Waals surface area (Å²) in [5.74, 6) is -0.0493. The summed E-state index contributed by atoms with van der Waals surface area (Å²) in [5.41, 5.74) is 0.908. The summed E-state index contributed by atoms with van der Waals surface area (Å²) in [6.07, 6.45) is 5.84. The van der Waals surface area contributed by atoms with Crippen LogP contribution in [0.2, 0.25) is 0 Å². The van der Waals surface area contributed by atoms with Crippen LogP contribution < -0.4 is 10.6 Å². The molecule has 8 heteroatoms. The molecule has 0 unspecified atom stereocenters. The zero-order chi connectivity index (χ0) is 21.9. The van der Waals surface area contributed by atoms with Crippen LogP contribution in [0.3, 0.4) is 0 Å². The van der Waals surface area contributed by atoms with Gasteiger partial charge in [0.1, 0.15) is 6.04 Å². The van der Waals surface area contributed by atoms with E-state index in [9.17, 15) is 9.59 Å². The smallest absolute Gasteiger partial charge is 0.315 e. The summed E-state index contributed by atoms with van der Waals surface area (Å²) in [6, 6.07) is 10.9. The van der Waals surface area contributed by atoms with E-state index in [4.69, 9.17) is 0 Å². The van der Waals surface area contributed by atoms with Crippen LogP contribution >= 0.6 is 22.7 Å². The number of thiophene rings is 2. The Morgan fingerprint density at radius 2 is 1.77 bits per heavy atom. The largest absolute Gasteiger partial charge is 0.334 e. The fourth-order valence-electron chi connectivity index (χ4n) is 3.17. The van der Waals surface area contributed by atoms with Crippen LogP contribution in [0.4, 0.5) is 4.79 Å². The standard InChI is InChI=1S/C23H28N4O2S2/c1-2-3-10-21(26-23(29)25-15-18-7-4-11-24-14-18)22(28)27(16-19-8-5-12-30-19)17-20-9-6-13-31-20/h4-9,11-14,21H,2-3,10,15-17H2,1H3,(H2,25,26,29)/t21-/m0/s1. The summed E-state index contributed by atoms with van der Waals surface area (Å²) in [7, 11) is 0. The Balaban J connectivity index is 1.67. The van der Waals surface area contributed by atoms with Crippen LogP contribution in [0.25, 0.3) is 0 Å². The third-order valence-corrected chi connectivity index (χ3v) is 6.51. The molecule has 3 aromatic heterocycles. The molecule has 31 heavy (non-hydrogen) atoms. The molecular weight excluding hydrogens is 428 g/mol. The molecule has 0 aliphatic heterocycles. The monoisotopic (exact) mass is 456 g/mol. The molecule has 3 rings (SSSR count). The Labute approximate surface area is 191 Å². The second-order valence-electron chi connectivity index (χ2n) is 7.24. The van der Waals surface area contributed by atoms with Gasteiger partial charge in [-0.3, -0.25) is 9.78 Å². The second kappa shape index (κ2) is 12.2. The lowest BCUT2D eigenvalue weighted by Crippen LogP contribution is -2.50. The number of carbonyl (C=O) groups excluding carboxylic acids is 2. The maximum atomic E-state index is 13.5. The van der Waals surface area contributed by atoms with Gasteiger partial charge < -0.3 is 15.5 Å². The van der Waals surface area contributed by atoms with Crippen LogP contribution in [0.1, 0.15) is 41.5 Å². The zero-order valence-electron chi connectivity index (χ0n) is 17.6. The van der Waals surface area contributed by atoms with E-state index in [2.05, 4.69) is 22.5 Å². The quantitative estimate of drug-likeness (QED) is 0.436. The minimum Gasteiger partial charge on any atom is -0.334 e. The number of rotatable bonds is 11. The number of nitrogens with one attached hydrogen (secondary N) is 2. The van der Waals surface area contributed by atoms with Gasteiger partial charge in [0.2, 0.25) is 5.91 Å². The Kier molecular flexibility index (Phi) is 9.05. The van der Waals surface area contributed by atoms with Crippen molar-refractivity contribution in [2.75, 3.05) is 0 Å². The molecule has 3 heterocycles. The molecule has 0 fully saturated rings. The van der Waals surface area contributed by atoms with Crippen molar-refractivity contribution in [2.24, 2.45) is 0 Å². The molecule has 3 aromatic rings. The molecule has 0 aromatic carbocycles. The fraction of sp³-hybridized carbons (Fsp3) is 0.348. The average Bonchev–Trinajstić information content (AvgIpc) is 3.49. The molecule has 0 saturated carbocycles. The Bertz CT molecular complexity index is 878. The minimum atomic E-state index is -0.561. The van der Waals surface area contributed by atoms with Crippen LogP contribution in [-0.4, -0.2) is 27.9 Å². The van der Waals surface area contributed by atoms with Crippen molar-refractivity contribution in [1.82, 2.24) is 20.5 Å². The first-order chi connectivity index (χ1) is 15.2. The maximum absolute atomic E-state index is 13.5. The number of amides is 3. The van der Waals surface area contributed by atoms with Crippen molar-refractivity contribution < 1.29 is 9.59 Å². The molecule has 164 valence electrons. The first kappa shape index (κ1) is 23.0. The highest BCUT2D eigenvalue weighted by atomic mass is 32.1. The molecule has 0 spiro atoms. The van der Waals surface area contributed by atoms with Gasteiger partial charge in [-0.25, -0.2) is 4.79 Å². The predicted molar refractivity (Wildman–Crippen MR) is 126 cm³/mol. The highest BCUT2D eigenvalue weighted by Gasteiger charge is 2.26. The Hall–Kier alpha value is -2.71. The van der Waals surface area contributed by atoms with Crippen molar-refractivity contribution >= 4 is 34.6 Å². The van der Waals surface area contributed by atoms with E-state index in [0.29, 0.717) is 26.1 Å². The lowest BCUT2D eigenvalue weighted by molar-refractivity contribution is -0.134. The van der Waals surface area contributed by atoms with E-state index in [1.54, 1.807) is 35.1 Å². The van der Waals surface area contributed by atoms with Gasteiger partial charge in [-0.15, -0.1) is 22.7 Å². The topological polar surface area (TPSA) is 74.3 Å². The van der Waals surface area contributed by atoms with Crippen molar-refractivity contribution in [2.45, 2.75) is 51.9 Å². The predicted octanol–water partition coefficient (Wildman–Crippen LogP) is 4.79. The van der Waals surface area contributed by atoms with Crippen LogP contribution in [0, 0.1) is 0 Å². The normalized spacial score (nSPS) is 11.6. The van der Waals surface area contributed by atoms with Gasteiger partial charge in [-0.1, -0.05) is 38.0 Å². The molecule has 0 aliphatic carbocycles. The number of hydrogen-bond donors (Lipinski definition) is 2. The molecule has 1 atom stereocenters. The number of unbranched alkanes of at least 4 members (excludes halogenated alkanes) is 1. The third kappa shape index (κ3) is 7.48. The van der Waals surface area contributed by atoms with E-state index in [1.165, 1.54) is 0 Å². The van der Waals surface area contributed by atoms with Gasteiger partial charge in [-0.2, -0.15) is 0 Å². The summed E-state index contributed by atoms with van der Waals surface area (Å²) < 4.78 is 0. The van der Waals surface area contributed by atoms with E-state index in [1.807, 2.05) is 52.1 Å². The van der Waals surface area contributed by atoms with E-state index < -0.39 is 6.04 Å². The van der Waals surface area contributed by atoms with E-state index >= 15 is 0 Å². The number of pyridine rings is 1. The van der Waals surface area contributed by atoms with Crippen molar-refractivity contribution in [1.29, 1.82) is 0 Å². The van der Waals surface area contributed by atoms with Crippen molar-refractivity contribution in [3.8, 4) is 0 Å². The van der Waals surface area contributed by atoms with Crippen molar-refractivity contribution in [3.63, 3.8) is 0 Å². The molecule has 0 bridgehead atoms. The van der Waals surface area contributed by atoms with Crippen LogP contribution in [0.15, 0.2) is 59.6 Å². The SMILES string of the molecule is CCCC[C@H](NC(=O)NCc1cccnc1)C(=O)N(Cc1cccs1)Cc1cccs1. The van der Waals surface area contributed by atoms with Gasteiger partial charge in [0.15, 0.2) is 0 Å². The number of hydrogen-bond acceptors (Lipinski definition) is 5. The van der Waals surface area contributed by atoms with Gasteiger partial charge in [0, 0.05) is 28.7 Å². The number of carbonyl (C=O) groups is 2. The first-order valence-electron chi connectivity index (χ1n) is 10.4. The summed E-state index contributed by atoms with van der Waals surface area (Å²) in [6.45, 7) is 3.52. The molecule has 2 N–H and O–H groups in total. The molecule has 0 radical (unpaired) electrons. The molecule has 6 nitrogen and oxygen atoms in total. The molecule has 3 amide bonds. The van der Waals surface area contributed by atoms with Gasteiger partial charge in [-0.05, 0) is 40.9 Å². The highest BCUT2D eigenvalue weighted by Crippen LogP contribution is 2.19. The van der Waals surface area contributed by atoms with Crippen molar-refractivity contribution in [3.05, 3.63) is 74.9 Å². The zero-order valence-corrected chi connectivity index (χ0v) is 19.3. The Morgan fingerprint density at radius 1 is 1.06 bits per heavy atom. The molecule has 0 saturated heterocycles. The van der Waals surface area contributed by atoms with E-state index in [-0.39, 0.29) is 11.9 Å². The van der Waals surface area contributed by atoms with Crippen LogP contribution in [0.5, 0.6) is 0 Å². The van der Waals surface area contributed by atoms with Gasteiger partial charge in [0.25, 0.3) is 0 Å². The lowest BCUT2D eigenvalue weighted by Gasteiger charge is -2.27. The fourth-order valence-corrected chi connectivity index (χ4v) is 4.61. The summed E-state index contributed by atoms with van der Waals surface area (Å²) in [4.78, 5) is 34.2. The molecule has 0 aliphatic rings. The maximum Gasteiger partial charge on any atom is 0.315 e. The third-order valence-electron chi connectivity index (χ3n) is 4.79. The number of nitrogens with zero attached hydrogens (tertiary/aromatic N) is 2. The average molecular weight is 457 g/mol. The summed E-state index contributed by atoms with van der Waals surface area (Å²) >= 11 is 3.27. The lowest BCUT2D eigenvalue weighted by atomic mass is 10.1. The van der Waals surface area contributed by atoms with E-state index in [0.717, 1.165) is 28.2 Å². The Morgan fingerprint density at radius 3 is 2.32 bits per heavy atom. The number of aromatic nitrogens is 1. The number of urea groups is 1. The van der Waals surface area contributed by atoms with Gasteiger partial charge >= 0.3 is 6.03 Å². The van der Waals surface area contributed by atoms with Crippen LogP contribution in [-0.2, 0) is 24.4 Å². The summed E-state index contributed by atoms with van der Waals surface area (Å²) in [5, 5.41) is 9.77. The highest BCUT2D eigenvalue weighted by molar-refractivity contribution is 7.10. The minimum absolute atomic E-state index is 0.0493.